The number of benzene rings is 3. The van der Waals surface area contributed by atoms with Crippen molar-refractivity contribution in [1.29, 1.82) is 0 Å². The molecule has 218 valence electrons. The normalized spacial score (nSPS) is 16.1. The average Bonchev–Trinajstić information content (AvgIpc) is 2.93. The zero-order chi connectivity index (χ0) is 30.0. The monoisotopic (exact) mass is 577 g/mol. The molecule has 0 aromatic heterocycles. The molecule has 0 atom stereocenters. The fraction of sp³-hybridized carbons (Fsp3) is 0.394. The molecule has 41 heavy (non-hydrogen) atoms. The number of hydrogen-bond acceptors (Lipinski definition) is 7. The summed E-state index contributed by atoms with van der Waals surface area (Å²) in [5, 5.41) is 4.48. The van der Waals surface area contributed by atoms with Crippen LogP contribution in [-0.2, 0) is 34.7 Å². The molecule has 8 heteroatoms. The lowest BCUT2D eigenvalue weighted by Crippen LogP contribution is -2.34. The second kappa shape index (κ2) is 11.8. The third-order valence-electron chi connectivity index (χ3n) is 7.91. The van der Waals surface area contributed by atoms with E-state index in [2.05, 4.69) is 51.9 Å². The summed E-state index contributed by atoms with van der Waals surface area (Å²) in [7, 11) is -2.57. The maximum Gasteiger partial charge on any atom is 0.337 e. The Bertz CT molecular complexity index is 1550. The van der Waals surface area contributed by atoms with Crippen molar-refractivity contribution in [2.75, 3.05) is 20.3 Å². The van der Waals surface area contributed by atoms with Crippen molar-refractivity contribution in [3.05, 3.63) is 99.6 Å². The molecule has 0 radical (unpaired) electrons. The number of rotatable bonds is 9. The molecule has 0 saturated heterocycles. The van der Waals surface area contributed by atoms with E-state index >= 15 is 0 Å². The Balaban J connectivity index is 1.65. The maximum atomic E-state index is 12.5. The number of hydrogen-bond donors (Lipinski definition) is 0. The van der Waals surface area contributed by atoms with E-state index in [1.807, 2.05) is 6.92 Å². The van der Waals surface area contributed by atoms with Gasteiger partial charge in [-0.2, -0.15) is 8.42 Å². The van der Waals surface area contributed by atoms with Gasteiger partial charge in [-0.1, -0.05) is 68.7 Å². The largest absolute Gasteiger partial charge is 0.465 e. The summed E-state index contributed by atoms with van der Waals surface area (Å²) in [5.74, 6) is -0.424. The van der Waals surface area contributed by atoms with E-state index in [-0.39, 0.29) is 28.9 Å². The predicted molar refractivity (Wildman–Crippen MR) is 160 cm³/mol. The van der Waals surface area contributed by atoms with Crippen molar-refractivity contribution >= 4 is 21.8 Å². The lowest BCUT2D eigenvalue weighted by atomic mass is 9.62. The van der Waals surface area contributed by atoms with E-state index in [9.17, 15) is 13.2 Å². The van der Waals surface area contributed by atoms with Crippen LogP contribution in [0.4, 0.5) is 0 Å². The van der Waals surface area contributed by atoms with Crippen molar-refractivity contribution in [2.45, 2.75) is 70.1 Å². The minimum absolute atomic E-state index is 0.00775. The predicted octanol–water partition coefficient (Wildman–Crippen LogP) is 6.61. The van der Waals surface area contributed by atoms with Gasteiger partial charge >= 0.3 is 5.97 Å². The minimum Gasteiger partial charge on any atom is -0.465 e. The lowest BCUT2D eigenvalue weighted by Gasteiger charge is -2.42. The summed E-state index contributed by atoms with van der Waals surface area (Å²) in [6.45, 7) is 12.8. The molecule has 0 amide bonds. The second-order valence-electron chi connectivity index (χ2n) is 11.9. The van der Waals surface area contributed by atoms with Gasteiger partial charge in [0.15, 0.2) is 0 Å². The molecule has 0 heterocycles. The Labute approximate surface area is 243 Å². The molecule has 3 aromatic carbocycles. The zero-order valence-corrected chi connectivity index (χ0v) is 25.7. The smallest absolute Gasteiger partial charge is 0.337 e. The molecule has 0 N–H and O–H groups in total. The molecule has 0 fully saturated rings. The van der Waals surface area contributed by atoms with E-state index in [1.54, 1.807) is 36.4 Å². The zero-order valence-electron chi connectivity index (χ0n) is 24.9. The molecule has 0 saturated carbocycles. The van der Waals surface area contributed by atoms with Crippen molar-refractivity contribution in [3.63, 3.8) is 0 Å². The molecule has 3 aromatic rings. The number of ether oxygens (including phenoxy) is 1. The Morgan fingerprint density at radius 1 is 0.829 bits per heavy atom. The molecule has 0 bridgehead atoms. The van der Waals surface area contributed by atoms with E-state index in [1.165, 1.54) is 30.4 Å². The van der Waals surface area contributed by atoms with Gasteiger partial charge in [-0.25, -0.2) is 4.79 Å². The van der Waals surface area contributed by atoms with E-state index in [4.69, 9.17) is 13.8 Å². The van der Waals surface area contributed by atoms with Gasteiger partial charge in [0.1, 0.15) is 18.9 Å². The lowest BCUT2D eigenvalue weighted by molar-refractivity contribution is 0.0600. The first-order valence-electron chi connectivity index (χ1n) is 13.8. The van der Waals surface area contributed by atoms with Crippen LogP contribution in [0.25, 0.3) is 0 Å². The summed E-state index contributed by atoms with van der Waals surface area (Å²) in [5.41, 5.74) is 7.35. The van der Waals surface area contributed by atoms with Gasteiger partial charge in [0.05, 0.1) is 17.6 Å². The quantitative estimate of drug-likeness (QED) is 0.0934. The summed E-state index contributed by atoms with van der Waals surface area (Å²) < 4.78 is 35.1. The minimum atomic E-state index is -3.91. The van der Waals surface area contributed by atoms with Gasteiger partial charge in [0.25, 0.3) is 10.1 Å². The number of carbonyl (C=O) groups excluding carboxylic acids is 1. The standard InChI is InChI=1S/C33H39NO6S/c1-22-8-14-26(15-9-22)41(36,37)40-19-18-39-34-30(24-10-12-25(13-11-24)31(35)38-7)27-21-29-28(20-23(27)2)32(3,4)16-17-33(29,5)6/h8-15,20-21H,16-19H2,1-7H3/b34-30-. The highest BCUT2D eigenvalue weighted by Gasteiger charge is 2.37. The molecule has 0 aliphatic heterocycles. The Morgan fingerprint density at radius 3 is 1.98 bits per heavy atom. The van der Waals surface area contributed by atoms with Gasteiger partial charge < -0.3 is 9.57 Å². The first-order chi connectivity index (χ1) is 19.2. The van der Waals surface area contributed by atoms with Crippen LogP contribution < -0.4 is 0 Å². The molecular formula is C33H39NO6S. The molecule has 0 unspecified atom stereocenters. The molecule has 7 nitrogen and oxygen atoms in total. The first-order valence-corrected chi connectivity index (χ1v) is 15.2. The number of oxime groups is 1. The van der Waals surface area contributed by atoms with Crippen molar-refractivity contribution in [1.82, 2.24) is 0 Å². The van der Waals surface area contributed by atoms with E-state index in [0.717, 1.165) is 35.1 Å². The van der Waals surface area contributed by atoms with E-state index < -0.39 is 16.1 Å². The van der Waals surface area contributed by atoms with Crippen LogP contribution in [0.3, 0.4) is 0 Å². The summed E-state index contributed by atoms with van der Waals surface area (Å²) in [4.78, 5) is 17.8. The van der Waals surface area contributed by atoms with Gasteiger partial charge in [-0.15, -0.1) is 0 Å². The Morgan fingerprint density at radius 2 is 1.39 bits per heavy atom. The van der Waals surface area contributed by atoms with Crippen molar-refractivity contribution in [3.8, 4) is 0 Å². The third kappa shape index (κ3) is 6.71. The van der Waals surface area contributed by atoms with Gasteiger partial charge in [-0.05, 0) is 84.5 Å². The van der Waals surface area contributed by atoms with Gasteiger partial charge in [0, 0.05) is 11.1 Å². The topological polar surface area (TPSA) is 91.3 Å². The van der Waals surface area contributed by atoms with Crippen LogP contribution >= 0.6 is 0 Å². The first kappa shape index (κ1) is 30.5. The van der Waals surface area contributed by atoms with Crippen molar-refractivity contribution < 1.29 is 27.0 Å². The second-order valence-corrected chi connectivity index (χ2v) is 13.5. The van der Waals surface area contributed by atoms with Gasteiger partial charge in [-0.3, -0.25) is 4.18 Å². The number of methoxy groups -OCH3 is 1. The highest BCUT2D eigenvalue weighted by molar-refractivity contribution is 7.86. The summed E-state index contributed by atoms with van der Waals surface area (Å²) in [6.07, 6.45) is 2.18. The summed E-state index contributed by atoms with van der Waals surface area (Å²) in [6, 6.07) is 17.9. The highest BCUT2D eigenvalue weighted by atomic mass is 32.2. The molecule has 1 aliphatic carbocycles. The molecule has 4 rings (SSSR count). The molecule has 1 aliphatic rings. The van der Waals surface area contributed by atoms with Crippen LogP contribution in [-0.4, -0.2) is 40.4 Å². The Kier molecular flexibility index (Phi) is 8.76. The number of nitrogens with zero attached hydrogens (tertiary/aromatic N) is 1. The number of carbonyl (C=O) groups is 1. The van der Waals surface area contributed by atoms with Crippen LogP contribution in [0, 0.1) is 13.8 Å². The third-order valence-corrected chi connectivity index (χ3v) is 9.24. The SMILES string of the molecule is COC(=O)c1ccc(/C(=N/OCCOS(=O)(=O)c2ccc(C)cc2)c2cc3c(cc2C)C(C)(C)CCC3(C)C)cc1. The van der Waals surface area contributed by atoms with E-state index in [0.29, 0.717) is 11.3 Å². The number of fused-ring (bicyclic) bond motifs is 1. The van der Waals surface area contributed by atoms with Crippen LogP contribution in [0.1, 0.15) is 84.3 Å². The molecule has 0 spiro atoms. The van der Waals surface area contributed by atoms with Crippen LogP contribution in [0.2, 0.25) is 0 Å². The molecular weight excluding hydrogens is 538 g/mol. The van der Waals surface area contributed by atoms with Gasteiger partial charge in [0.2, 0.25) is 0 Å². The number of aryl methyl sites for hydroxylation is 2. The highest BCUT2D eigenvalue weighted by Crippen LogP contribution is 2.46. The van der Waals surface area contributed by atoms with Crippen LogP contribution in [0.5, 0.6) is 0 Å². The fourth-order valence-corrected chi connectivity index (χ4v) is 6.07. The number of esters is 1. The Hall–Kier alpha value is -3.49. The maximum absolute atomic E-state index is 12.5. The summed E-state index contributed by atoms with van der Waals surface area (Å²) >= 11 is 0. The fourth-order valence-electron chi connectivity index (χ4n) is 5.18. The van der Waals surface area contributed by atoms with Crippen LogP contribution in [0.15, 0.2) is 70.7 Å². The van der Waals surface area contributed by atoms with Crippen molar-refractivity contribution in [2.24, 2.45) is 5.16 Å². The average molecular weight is 578 g/mol.